The Hall–Kier alpha value is -5.53. The summed E-state index contributed by atoms with van der Waals surface area (Å²) in [5.41, 5.74) is 8.79. The average Bonchev–Trinajstić information content (AvgIpc) is 4.08. The molecule has 1 saturated carbocycles. The molecular formula is C58H76N4O12S. The molecule has 3 N–H and O–H groups in total. The number of aryl methyl sites for hydroxylation is 4. The van der Waals surface area contributed by atoms with Crippen LogP contribution < -0.4 is 10.6 Å². The molecule has 3 aromatic carbocycles. The van der Waals surface area contributed by atoms with Crippen LogP contribution in [0.5, 0.6) is 0 Å². The molecule has 1 aliphatic carbocycles. The van der Waals surface area contributed by atoms with Gasteiger partial charge in [0.15, 0.2) is 11.4 Å². The number of amides is 3. The van der Waals surface area contributed by atoms with Crippen LogP contribution in [0, 0.1) is 33.1 Å². The number of ether oxygens (including phenoxy) is 7. The van der Waals surface area contributed by atoms with E-state index in [1.165, 1.54) is 4.90 Å². The lowest BCUT2D eigenvalue weighted by Crippen LogP contribution is -2.58. The van der Waals surface area contributed by atoms with Crippen molar-refractivity contribution in [1.29, 1.82) is 0 Å². The highest BCUT2D eigenvalue weighted by atomic mass is 32.1. The second-order valence-electron chi connectivity index (χ2n) is 21.0. The summed E-state index contributed by atoms with van der Waals surface area (Å²) in [7, 11) is 0. The lowest BCUT2D eigenvalue weighted by molar-refractivity contribution is -0.154. The maximum Gasteiger partial charge on any atom is 0.343 e. The second-order valence-corrected chi connectivity index (χ2v) is 21.8. The van der Waals surface area contributed by atoms with Crippen molar-refractivity contribution in [3.05, 3.63) is 117 Å². The highest BCUT2D eigenvalue weighted by Gasteiger charge is 2.52. The van der Waals surface area contributed by atoms with Gasteiger partial charge in [-0.25, -0.2) is 9.78 Å². The Kier molecular flexibility index (Phi) is 20.2. The van der Waals surface area contributed by atoms with E-state index in [0.29, 0.717) is 83.3 Å². The minimum absolute atomic E-state index is 0.00631. The molecule has 3 heterocycles. The number of likely N-dealkylation sites (tertiary alicyclic amines) is 1. The summed E-state index contributed by atoms with van der Waals surface area (Å²) in [6.07, 6.45) is 1.84. The van der Waals surface area contributed by atoms with Gasteiger partial charge in [-0.3, -0.25) is 14.4 Å². The van der Waals surface area contributed by atoms with Crippen molar-refractivity contribution in [3.63, 3.8) is 0 Å². The zero-order valence-electron chi connectivity index (χ0n) is 44.9. The average molecular weight is 1050 g/mol. The summed E-state index contributed by atoms with van der Waals surface area (Å²) >= 11 is 1.57. The molecule has 4 aromatic rings. The van der Waals surface area contributed by atoms with Crippen LogP contribution in [0.4, 0.5) is 0 Å². The summed E-state index contributed by atoms with van der Waals surface area (Å²) in [4.78, 5) is 61.2. The van der Waals surface area contributed by atoms with Crippen LogP contribution in [0.15, 0.2) is 78.0 Å². The van der Waals surface area contributed by atoms with Crippen molar-refractivity contribution < 1.29 is 57.4 Å². The van der Waals surface area contributed by atoms with Crippen molar-refractivity contribution in [2.24, 2.45) is 5.41 Å². The van der Waals surface area contributed by atoms with Crippen LogP contribution in [-0.2, 0) is 58.9 Å². The number of rotatable bonds is 25. The summed E-state index contributed by atoms with van der Waals surface area (Å²) in [5, 5.41) is 16.5. The fraction of sp³-hybridized carbons (Fsp3) is 0.534. The van der Waals surface area contributed by atoms with E-state index in [1.807, 2.05) is 109 Å². The number of hydrogen-bond donors (Lipinski definition) is 3. The predicted molar refractivity (Wildman–Crippen MR) is 285 cm³/mol. The Morgan fingerprint density at radius 1 is 0.853 bits per heavy atom. The number of nitrogens with zero attached hydrogens (tertiary/aromatic N) is 2. The van der Waals surface area contributed by atoms with Gasteiger partial charge in [-0.1, -0.05) is 93.1 Å². The lowest BCUT2D eigenvalue weighted by atomic mass is 9.80. The van der Waals surface area contributed by atoms with Crippen molar-refractivity contribution >= 4 is 40.6 Å². The molecule has 16 nitrogen and oxygen atoms in total. The quantitative estimate of drug-likeness (QED) is 0.0433. The standard InChI is InChI=1S/C58H76N4O12S/c1-37-30-38(2)49(39(3)31-37)50-53(73-34-42-12-10-9-11-13-42)58(74-56(50)67)20-18-46(19-21-58)72-29-28-70-25-24-68-22-23-69-26-27-71-35-48(64)61-52(57(6,7)8)55(66)62-33-45(63)32-47(62)54(65)60-40(4)43-14-16-44(17-15-43)51-41(5)59-36-75-51/h9-17,30-31,36,40,45-47,52,63H,18-29,32-35H2,1-8H3,(H,60,65)(H,61,64)/t40-,45+,46?,47-,52+,58?/m0/s1. The minimum atomic E-state index is -0.976. The van der Waals surface area contributed by atoms with Gasteiger partial charge in [-0.2, -0.15) is 0 Å². The molecule has 17 heteroatoms. The van der Waals surface area contributed by atoms with E-state index >= 15 is 0 Å². The first-order valence-electron chi connectivity index (χ1n) is 26.2. The number of esters is 1. The fourth-order valence-corrected chi connectivity index (χ4v) is 11.0. The molecule has 2 aliphatic heterocycles. The van der Waals surface area contributed by atoms with Gasteiger partial charge in [0.1, 0.15) is 30.9 Å². The molecule has 1 spiro atoms. The highest BCUT2D eigenvalue weighted by molar-refractivity contribution is 7.13. The first kappa shape index (κ1) is 57.2. The maximum absolute atomic E-state index is 14.0. The van der Waals surface area contributed by atoms with E-state index in [-0.39, 0.29) is 56.8 Å². The monoisotopic (exact) mass is 1050 g/mol. The Morgan fingerprint density at radius 2 is 1.47 bits per heavy atom. The number of hydrogen-bond acceptors (Lipinski definition) is 14. The molecule has 75 heavy (non-hydrogen) atoms. The van der Waals surface area contributed by atoms with Crippen molar-refractivity contribution in [1.82, 2.24) is 20.5 Å². The van der Waals surface area contributed by atoms with E-state index in [2.05, 4.69) is 34.7 Å². The van der Waals surface area contributed by atoms with Gasteiger partial charge in [0.25, 0.3) is 0 Å². The van der Waals surface area contributed by atoms with Gasteiger partial charge in [0.2, 0.25) is 17.7 Å². The third-order valence-electron chi connectivity index (χ3n) is 14.0. The smallest absolute Gasteiger partial charge is 0.343 e. The van der Waals surface area contributed by atoms with Gasteiger partial charge in [-0.15, -0.1) is 11.3 Å². The number of aliphatic hydroxyl groups excluding tert-OH is 1. The molecule has 406 valence electrons. The zero-order chi connectivity index (χ0) is 53.7. The third kappa shape index (κ3) is 15.1. The van der Waals surface area contributed by atoms with E-state index in [9.17, 15) is 24.3 Å². The van der Waals surface area contributed by atoms with Gasteiger partial charge >= 0.3 is 5.97 Å². The topological polar surface area (TPSA) is 193 Å². The van der Waals surface area contributed by atoms with Crippen LogP contribution in [0.1, 0.15) is 105 Å². The molecule has 2 fully saturated rings. The van der Waals surface area contributed by atoms with E-state index < -0.39 is 41.0 Å². The molecule has 0 radical (unpaired) electrons. The SMILES string of the molecule is Cc1cc(C)c(C2=C(OCc3ccccc3)C3(CCC(OCCOCCOCCOCCOCC(=O)N[C@H](C(=O)N4C[C@H](O)C[C@H]4C(=O)N[C@@H](C)c4ccc(-c5scnc5C)cc4)C(C)(C)C)CC3)OC2=O)c(C)c1. The summed E-state index contributed by atoms with van der Waals surface area (Å²) in [6.45, 7) is 18.2. The molecule has 7 rings (SSSR count). The predicted octanol–water partition coefficient (Wildman–Crippen LogP) is 7.66. The van der Waals surface area contributed by atoms with E-state index in [1.54, 1.807) is 11.3 Å². The Balaban J connectivity index is 0.745. The number of aromatic nitrogens is 1. The molecule has 4 atom stereocenters. The van der Waals surface area contributed by atoms with Crippen molar-refractivity contribution in [2.45, 2.75) is 130 Å². The van der Waals surface area contributed by atoms with Gasteiger partial charge in [0.05, 0.1) is 87.2 Å². The number of benzene rings is 3. The number of thiazole rings is 1. The van der Waals surface area contributed by atoms with Crippen molar-refractivity contribution in [2.75, 3.05) is 66.0 Å². The van der Waals surface area contributed by atoms with Gasteiger partial charge in [0, 0.05) is 13.0 Å². The van der Waals surface area contributed by atoms with Crippen LogP contribution >= 0.6 is 11.3 Å². The lowest BCUT2D eigenvalue weighted by Gasteiger charge is -2.37. The largest absolute Gasteiger partial charge is 0.488 e. The van der Waals surface area contributed by atoms with Crippen molar-refractivity contribution in [3.8, 4) is 10.4 Å². The molecule has 0 bridgehead atoms. The van der Waals surface area contributed by atoms with Gasteiger partial charge in [-0.05, 0) is 99.1 Å². The number of nitrogens with one attached hydrogen (secondary N) is 2. The summed E-state index contributed by atoms with van der Waals surface area (Å²) in [5.74, 6) is -1.02. The minimum Gasteiger partial charge on any atom is -0.488 e. The second kappa shape index (κ2) is 26.5. The van der Waals surface area contributed by atoms with Crippen LogP contribution in [0.3, 0.4) is 0 Å². The summed E-state index contributed by atoms with van der Waals surface area (Å²) in [6, 6.07) is 19.8. The zero-order valence-corrected chi connectivity index (χ0v) is 45.7. The van der Waals surface area contributed by atoms with E-state index in [4.69, 9.17) is 33.2 Å². The number of carbonyl (C=O) groups is 4. The molecule has 3 aliphatic rings. The Bertz CT molecular complexity index is 2560. The molecule has 1 aromatic heterocycles. The molecular weight excluding hydrogens is 977 g/mol. The van der Waals surface area contributed by atoms with E-state index in [0.717, 1.165) is 49.5 Å². The molecule has 1 saturated heterocycles. The summed E-state index contributed by atoms with van der Waals surface area (Å²) < 4.78 is 41.6. The van der Waals surface area contributed by atoms with Crippen LogP contribution in [0.25, 0.3) is 16.0 Å². The first-order valence-corrected chi connectivity index (χ1v) is 27.1. The first-order chi connectivity index (χ1) is 35.9. The normalized spacial score (nSPS) is 20.6. The van der Waals surface area contributed by atoms with Crippen LogP contribution in [0.2, 0.25) is 0 Å². The number of carbonyl (C=O) groups excluding carboxylic acids is 4. The fourth-order valence-electron chi connectivity index (χ4n) is 10.2. The number of β-amino-alcohol motifs (C(OH)–C–C–N with tert-alkyl or cyclic N) is 1. The van der Waals surface area contributed by atoms with Crippen LogP contribution in [-0.4, -0.2) is 135 Å². The molecule has 0 unspecified atom stereocenters. The highest BCUT2D eigenvalue weighted by Crippen LogP contribution is 2.49. The molecule has 3 amide bonds. The third-order valence-corrected chi connectivity index (χ3v) is 15.0. The number of aliphatic hydroxyl groups is 1. The Labute approximate surface area is 445 Å². The Morgan fingerprint density at radius 3 is 2.07 bits per heavy atom. The maximum atomic E-state index is 14.0. The van der Waals surface area contributed by atoms with Gasteiger partial charge < -0.3 is 53.8 Å².